The number of para-hydroxylation sites is 1. The summed E-state index contributed by atoms with van der Waals surface area (Å²) < 4.78 is 10.4. The van der Waals surface area contributed by atoms with Crippen LogP contribution in [0.1, 0.15) is 10.4 Å². The van der Waals surface area contributed by atoms with E-state index in [0.717, 1.165) is 23.8 Å². The Bertz CT molecular complexity index is 748. The van der Waals surface area contributed by atoms with Gasteiger partial charge in [0.25, 0.3) is 5.91 Å². The molecule has 3 rings (SSSR count). The van der Waals surface area contributed by atoms with Crippen molar-refractivity contribution in [1.82, 2.24) is 9.88 Å². The van der Waals surface area contributed by atoms with Gasteiger partial charge in [-0.25, -0.2) is 4.98 Å². The number of hydrogen-bond donors (Lipinski definition) is 0. The van der Waals surface area contributed by atoms with Crippen LogP contribution >= 0.6 is 11.6 Å². The number of carbonyl (C=O) groups is 1. The zero-order chi connectivity index (χ0) is 18.4. The van der Waals surface area contributed by atoms with Gasteiger partial charge in [0.1, 0.15) is 6.61 Å². The van der Waals surface area contributed by atoms with Gasteiger partial charge in [0.15, 0.2) is 0 Å². The summed E-state index contributed by atoms with van der Waals surface area (Å²) in [6, 6.07) is 11.2. The molecule has 1 aromatic heterocycles. The van der Waals surface area contributed by atoms with E-state index < -0.39 is 0 Å². The fraction of sp³-hybridized carbons (Fsp3) is 0.368. The molecule has 26 heavy (non-hydrogen) atoms. The Morgan fingerprint density at radius 1 is 1.15 bits per heavy atom. The number of methoxy groups -OCH3 is 1. The van der Waals surface area contributed by atoms with Crippen molar-refractivity contribution < 1.29 is 14.3 Å². The van der Waals surface area contributed by atoms with Crippen molar-refractivity contribution in [2.24, 2.45) is 0 Å². The van der Waals surface area contributed by atoms with Crippen LogP contribution < -0.4 is 9.64 Å². The minimum Gasteiger partial charge on any atom is -0.475 e. The Morgan fingerprint density at radius 2 is 1.92 bits per heavy atom. The number of hydrogen-bond acceptors (Lipinski definition) is 5. The molecule has 0 bridgehead atoms. The van der Waals surface area contributed by atoms with Crippen LogP contribution in [0.15, 0.2) is 42.6 Å². The number of pyridine rings is 1. The van der Waals surface area contributed by atoms with E-state index in [9.17, 15) is 4.79 Å². The van der Waals surface area contributed by atoms with Crippen LogP contribution in [0.2, 0.25) is 5.02 Å². The largest absolute Gasteiger partial charge is 0.475 e. The summed E-state index contributed by atoms with van der Waals surface area (Å²) in [5, 5.41) is 0.735. The van der Waals surface area contributed by atoms with Crippen molar-refractivity contribution in [3.63, 3.8) is 0 Å². The predicted molar refractivity (Wildman–Crippen MR) is 101 cm³/mol. The number of ether oxygens (including phenoxy) is 2. The van der Waals surface area contributed by atoms with Crippen LogP contribution in [0.5, 0.6) is 5.88 Å². The van der Waals surface area contributed by atoms with Crippen LogP contribution in [0.4, 0.5) is 5.69 Å². The third-order valence-electron chi connectivity index (χ3n) is 4.28. The molecule has 1 amide bonds. The molecule has 0 aliphatic carbocycles. The summed E-state index contributed by atoms with van der Waals surface area (Å²) in [7, 11) is 1.61. The lowest BCUT2D eigenvalue weighted by molar-refractivity contribution is 0.0746. The van der Waals surface area contributed by atoms with Crippen LogP contribution in [0, 0.1) is 0 Å². The van der Waals surface area contributed by atoms with E-state index in [4.69, 9.17) is 21.1 Å². The molecule has 1 fully saturated rings. The molecule has 1 aromatic carbocycles. The normalized spacial score (nSPS) is 14.4. The SMILES string of the molecule is COCCOc1cc(C(=O)N2CCN(c3ccccc3Cl)CC2)ccn1. The van der Waals surface area contributed by atoms with E-state index in [-0.39, 0.29) is 5.91 Å². The van der Waals surface area contributed by atoms with Gasteiger partial charge in [-0.1, -0.05) is 23.7 Å². The van der Waals surface area contributed by atoms with E-state index in [1.54, 1.807) is 25.4 Å². The maximum atomic E-state index is 12.8. The topological polar surface area (TPSA) is 54.9 Å². The molecule has 0 N–H and O–H groups in total. The quantitative estimate of drug-likeness (QED) is 0.727. The van der Waals surface area contributed by atoms with Crippen molar-refractivity contribution in [2.75, 3.05) is 51.4 Å². The summed E-state index contributed by atoms with van der Waals surface area (Å²) in [4.78, 5) is 20.9. The molecule has 7 heteroatoms. The van der Waals surface area contributed by atoms with E-state index in [0.29, 0.717) is 37.7 Å². The minimum atomic E-state index is -0.0113. The fourth-order valence-corrected chi connectivity index (χ4v) is 3.15. The maximum absolute atomic E-state index is 12.8. The molecule has 2 aromatic rings. The zero-order valence-electron chi connectivity index (χ0n) is 14.7. The summed E-state index contributed by atoms with van der Waals surface area (Å²) in [5.41, 5.74) is 1.60. The van der Waals surface area contributed by atoms with Gasteiger partial charge in [-0.15, -0.1) is 0 Å². The first-order chi connectivity index (χ1) is 12.7. The van der Waals surface area contributed by atoms with Crippen molar-refractivity contribution >= 4 is 23.2 Å². The molecule has 1 aliphatic rings. The van der Waals surface area contributed by atoms with E-state index >= 15 is 0 Å². The van der Waals surface area contributed by atoms with Crippen LogP contribution in [0.3, 0.4) is 0 Å². The van der Waals surface area contributed by atoms with Gasteiger partial charge in [0.05, 0.1) is 17.3 Å². The van der Waals surface area contributed by atoms with Crippen molar-refractivity contribution in [3.8, 4) is 5.88 Å². The van der Waals surface area contributed by atoms with Crippen LogP contribution in [-0.4, -0.2) is 62.3 Å². The molecular weight excluding hydrogens is 354 g/mol. The highest BCUT2D eigenvalue weighted by atomic mass is 35.5. The van der Waals surface area contributed by atoms with Crippen molar-refractivity contribution in [3.05, 3.63) is 53.2 Å². The van der Waals surface area contributed by atoms with Crippen molar-refractivity contribution in [1.29, 1.82) is 0 Å². The molecule has 138 valence electrons. The lowest BCUT2D eigenvalue weighted by Crippen LogP contribution is -2.48. The third-order valence-corrected chi connectivity index (χ3v) is 4.60. The third kappa shape index (κ3) is 4.45. The van der Waals surface area contributed by atoms with Gasteiger partial charge in [-0.2, -0.15) is 0 Å². The van der Waals surface area contributed by atoms with Crippen molar-refractivity contribution in [2.45, 2.75) is 0 Å². The summed E-state index contributed by atoms with van der Waals surface area (Å²) >= 11 is 6.27. The Labute approximate surface area is 158 Å². The van der Waals surface area contributed by atoms with Gasteiger partial charge in [0.2, 0.25) is 5.88 Å². The monoisotopic (exact) mass is 375 g/mol. The molecule has 0 unspecified atom stereocenters. The highest BCUT2D eigenvalue weighted by Gasteiger charge is 2.23. The molecule has 1 aliphatic heterocycles. The van der Waals surface area contributed by atoms with Gasteiger partial charge in [-0.3, -0.25) is 4.79 Å². The minimum absolute atomic E-state index is 0.0113. The predicted octanol–water partition coefficient (Wildman–Crippen LogP) is 2.72. The van der Waals surface area contributed by atoms with E-state index in [1.807, 2.05) is 29.2 Å². The molecular formula is C19H22ClN3O3. The second-order valence-corrected chi connectivity index (χ2v) is 6.36. The van der Waals surface area contributed by atoms with Gasteiger partial charge in [0, 0.05) is 51.1 Å². The molecule has 0 atom stereocenters. The lowest BCUT2D eigenvalue weighted by Gasteiger charge is -2.36. The lowest BCUT2D eigenvalue weighted by atomic mass is 10.2. The number of anilines is 1. The molecule has 6 nitrogen and oxygen atoms in total. The molecule has 0 saturated carbocycles. The smallest absolute Gasteiger partial charge is 0.254 e. The number of aromatic nitrogens is 1. The number of rotatable bonds is 6. The Hall–Kier alpha value is -2.31. The Kier molecular flexibility index (Phi) is 6.30. The molecule has 2 heterocycles. The molecule has 0 radical (unpaired) electrons. The summed E-state index contributed by atoms with van der Waals surface area (Å²) in [5.74, 6) is 0.422. The zero-order valence-corrected chi connectivity index (χ0v) is 15.5. The summed E-state index contributed by atoms with van der Waals surface area (Å²) in [6.07, 6.45) is 1.59. The van der Waals surface area contributed by atoms with Gasteiger partial charge in [-0.05, 0) is 18.2 Å². The number of nitrogens with zero attached hydrogens (tertiary/aromatic N) is 3. The highest BCUT2D eigenvalue weighted by molar-refractivity contribution is 6.33. The second-order valence-electron chi connectivity index (χ2n) is 5.95. The Balaban J connectivity index is 1.60. The number of carbonyl (C=O) groups excluding carboxylic acids is 1. The Morgan fingerprint density at radius 3 is 2.65 bits per heavy atom. The van der Waals surface area contributed by atoms with E-state index in [1.165, 1.54) is 0 Å². The first-order valence-corrected chi connectivity index (χ1v) is 8.93. The van der Waals surface area contributed by atoms with E-state index in [2.05, 4.69) is 9.88 Å². The van der Waals surface area contributed by atoms with Crippen LogP contribution in [0.25, 0.3) is 0 Å². The standard InChI is InChI=1S/C19H22ClN3O3/c1-25-12-13-26-18-14-15(6-7-21-18)19(24)23-10-8-22(9-11-23)17-5-3-2-4-16(17)20/h2-7,14H,8-13H2,1H3. The highest BCUT2D eigenvalue weighted by Crippen LogP contribution is 2.26. The summed E-state index contributed by atoms with van der Waals surface area (Å²) in [6.45, 7) is 3.66. The number of benzene rings is 1. The van der Waals surface area contributed by atoms with Gasteiger partial charge < -0.3 is 19.3 Å². The maximum Gasteiger partial charge on any atom is 0.254 e. The number of piperazine rings is 1. The average Bonchev–Trinajstić information content (AvgIpc) is 2.68. The first-order valence-electron chi connectivity index (χ1n) is 8.55. The molecule has 1 saturated heterocycles. The van der Waals surface area contributed by atoms with Gasteiger partial charge >= 0.3 is 0 Å². The number of halogens is 1. The number of amides is 1. The first kappa shape index (κ1) is 18.5. The average molecular weight is 376 g/mol. The second kappa shape index (κ2) is 8.87. The molecule has 0 spiro atoms. The van der Waals surface area contributed by atoms with Crippen LogP contribution in [-0.2, 0) is 4.74 Å². The fourth-order valence-electron chi connectivity index (χ4n) is 2.89.